The molecule has 78 valence electrons. The molecule has 1 aromatic rings. The fourth-order valence-corrected chi connectivity index (χ4v) is 1.28. The summed E-state index contributed by atoms with van der Waals surface area (Å²) >= 11 is 0. The maximum atomic E-state index is 13.1. The van der Waals surface area contributed by atoms with Gasteiger partial charge in [-0.3, -0.25) is 0 Å². The summed E-state index contributed by atoms with van der Waals surface area (Å²) in [6, 6.07) is 1.63. The van der Waals surface area contributed by atoms with E-state index >= 15 is 0 Å². The number of hydrogen-bond donors (Lipinski definition) is 0. The lowest BCUT2D eigenvalue weighted by Gasteiger charge is -2.09. The van der Waals surface area contributed by atoms with Crippen molar-refractivity contribution in [2.24, 2.45) is 5.92 Å². The van der Waals surface area contributed by atoms with Gasteiger partial charge in [-0.25, -0.2) is 13.2 Å². The van der Waals surface area contributed by atoms with Crippen molar-refractivity contribution in [1.82, 2.24) is 0 Å². The highest BCUT2D eigenvalue weighted by Crippen LogP contribution is 2.18. The van der Waals surface area contributed by atoms with E-state index in [-0.39, 0.29) is 11.5 Å². The molecule has 0 unspecified atom stereocenters. The van der Waals surface area contributed by atoms with Gasteiger partial charge in [0.15, 0.2) is 11.6 Å². The number of rotatable bonds is 3. The molecule has 0 radical (unpaired) electrons. The largest absolute Gasteiger partial charge is 0.207 e. The van der Waals surface area contributed by atoms with Crippen molar-refractivity contribution in [1.29, 1.82) is 0 Å². The molecule has 0 aliphatic heterocycles. The third kappa shape index (κ3) is 2.50. The van der Waals surface area contributed by atoms with Crippen LogP contribution in [-0.2, 0) is 6.42 Å². The highest BCUT2D eigenvalue weighted by atomic mass is 19.2. The summed E-state index contributed by atoms with van der Waals surface area (Å²) in [4.78, 5) is 0. The SMILES string of the molecule is CC[C@@H](C)Cc1cc(F)cc(F)c1F. The van der Waals surface area contributed by atoms with Gasteiger partial charge in [-0.05, 0) is 24.0 Å². The zero-order chi connectivity index (χ0) is 10.7. The van der Waals surface area contributed by atoms with Gasteiger partial charge in [-0.15, -0.1) is 0 Å². The van der Waals surface area contributed by atoms with E-state index < -0.39 is 17.5 Å². The zero-order valence-electron chi connectivity index (χ0n) is 8.28. The quantitative estimate of drug-likeness (QED) is 0.656. The van der Waals surface area contributed by atoms with Crippen LogP contribution < -0.4 is 0 Å². The van der Waals surface area contributed by atoms with Crippen molar-refractivity contribution in [2.75, 3.05) is 0 Å². The third-order valence-corrected chi connectivity index (χ3v) is 2.33. The zero-order valence-corrected chi connectivity index (χ0v) is 8.28. The van der Waals surface area contributed by atoms with Gasteiger partial charge in [0.05, 0.1) is 0 Å². The number of halogens is 3. The highest BCUT2D eigenvalue weighted by molar-refractivity contribution is 5.20. The van der Waals surface area contributed by atoms with Crippen LogP contribution in [0.5, 0.6) is 0 Å². The van der Waals surface area contributed by atoms with Crippen molar-refractivity contribution in [3.63, 3.8) is 0 Å². The summed E-state index contributed by atoms with van der Waals surface area (Å²) in [5, 5.41) is 0. The maximum Gasteiger partial charge on any atom is 0.162 e. The molecule has 0 aliphatic carbocycles. The van der Waals surface area contributed by atoms with Crippen LogP contribution in [-0.4, -0.2) is 0 Å². The average molecular weight is 202 g/mol. The first-order valence-corrected chi connectivity index (χ1v) is 4.68. The molecule has 0 nitrogen and oxygen atoms in total. The third-order valence-electron chi connectivity index (χ3n) is 2.33. The van der Waals surface area contributed by atoms with E-state index in [1.807, 2.05) is 13.8 Å². The van der Waals surface area contributed by atoms with Crippen molar-refractivity contribution >= 4 is 0 Å². The first-order valence-electron chi connectivity index (χ1n) is 4.68. The molecule has 0 aromatic heterocycles. The van der Waals surface area contributed by atoms with Crippen LogP contribution in [0.4, 0.5) is 13.2 Å². The van der Waals surface area contributed by atoms with Crippen molar-refractivity contribution in [3.8, 4) is 0 Å². The van der Waals surface area contributed by atoms with Crippen molar-refractivity contribution in [2.45, 2.75) is 26.7 Å². The molecule has 0 aliphatic rings. The second-order valence-electron chi connectivity index (χ2n) is 3.58. The lowest BCUT2D eigenvalue weighted by molar-refractivity contribution is 0.468. The predicted octanol–water partition coefficient (Wildman–Crippen LogP) is 3.69. The Morgan fingerprint density at radius 1 is 1.21 bits per heavy atom. The van der Waals surface area contributed by atoms with Crippen LogP contribution in [0.25, 0.3) is 0 Å². The molecule has 3 heteroatoms. The van der Waals surface area contributed by atoms with Gasteiger partial charge in [0.1, 0.15) is 5.82 Å². The minimum absolute atomic E-state index is 0.122. The summed E-state index contributed by atoms with van der Waals surface area (Å²) in [6.07, 6.45) is 1.23. The molecule has 0 spiro atoms. The van der Waals surface area contributed by atoms with E-state index in [0.29, 0.717) is 12.5 Å². The predicted molar refractivity (Wildman–Crippen MR) is 49.5 cm³/mol. The summed E-state index contributed by atoms with van der Waals surface area (Å²) < 4.78 is 38.7. The van der Waals surface area contributed by atoms with Gasteiger partial charge in [0.25, 0.3) is 0 Å². The minimum atomic E-state index is -1.11. The van der Waals surface area contributed by atoms with Crippen molar-refractivity contribution in [3.05, 3.63) is 35.1 Å². The van der Waals surface area contributed by atoms with Gasteiger partial charge in [0, 0.05) is 6.07 Å². The average Bonchev–Trinajstić information content (AvgIpc) is 2.13. The van der Waals surface area contributed by atoms with Crippen LogP contribution in [0.3, 0.4) is 0 Å². The van der Waals surface area contributed by atoms with E-state index in [1.165, 1.54) is 0 Å². The minimum Gasteiger partial charge on any atom is -0.207 e. The van der Waals surface area contributed by atoms with E-state index in [0.717, 1.165) is 12.5 Å². The summed E-state index contributed by atoms with van der Waals surface area (Å²) in [5.74, 6) is -2.53. The fourth-order valence-electron chi connectivity index (χ4n) is 1.28. The first-order chi connectivity index (χ1) is 6.54. The Morgan fingerprint density at radius 3 is 2.43 bits per heavy atom. The maximum absolute atomic E-state index is 13.1. The normalized spacial score (nSPS) is 12.9. The Morgan fingerprint density at radius 2 is 1.86 bits per heavy atom. The van der Waals surface area contributed by atoms with E-state index in [4.69, 9.17) is 0 Å². The second-order valence-corrected chi connectivity index (χ2v) is 3.58. The summed E-state index contributed by atoms with van der Waals surface area (Å²) in [5.41, 5.74) is 0.122. The summed E-state index contributed by atoms with van der Waals surface area (Å²) in [6.45, 7) is 3.88. The molecule has 1 rings (SSSR count). The van der Waals surface area contributed by atoms with Gasteiger partial charge in [-0.2, -0.15) is 0 Å². The first kappa shape index (κ1) is 11.1. The van der Waals surface area contributed by atoms with Gasteiger partial charge in [0.2, 0.25) is 0 Å². The Bertz CT molecular complexity index is 321. The molecule has 0 N–H and O–H groups in total. The van der Waals surface area contributed by atoms with Crippen LogP contribution in [0, 0.1) is 23.4 Å². The molecule has 1 aromatic carbocycles. The van der Waals surface area contributed by atoms with E-state index in [2.05, 4.69) is 0 Å². The molecule has 14 heavy (non-hydrogen) atoms. The van der Waals surface area contributed by atoms with Crippen LogP contribution in [0.2, 0.25) is 0 Å². The van der Waals surface area contributed by atoms with Gasteiger partial charge in [-0.1, -0.05) is 20.3 Å². The molecular weight excluding hydrogens is 189 g/mol. The molecule has 1 atom stereocenters. The Kier molecular flexibility index (Phi) is 3.55. The van der Waals surface area contributed by atoms with Crippen LogP contribution in [0.15, 0.2) is 12.1 Å². The lowest BCUT2D eigenvalue weighted by atomic mass is 9.98. The van der Waals surface area contributed by atoms with Crippen LogP contribution in [0.1, 0.15) is 25.8 Å². The van der Waals surface area contributed by atoms with E-state index in [9.17, 15) is 13.2 Å². The lowest BCUT2D eigenvalue weighted by Crippen LogP contribution is -2.03. The summed E-state index contributed by atoms with van der Waals surface area (Å²) in [7, 11) is 0. The van der Waals surface area contributed by atoms with Gasteiger partial charge < -0.3 is 0 Å². The molecule has 0 fully saturated rings. The van der Waals surface area contributed by atoms with Gasteiger partial charge >= 0.3 is 0 Å². The highest BCUT2D eigenvalue weighted by Gasteiger charge is 2.12. The Labute approximate surface area is 81.8 Å². The molecule has 0 saturated heterocycles. The van der Waals surface area contributed by atoms with Crippen LogP contribution >= 0.6 is 0 Å². The topological polar surface area (TPSA) is 0 Å². The monoisotopic (exact) mass is 202 g/mol. The number of benzene rings is 1. The Balaban J connectivity index is 2.96. The number of hydrogen-bond acceptors (Lipinski definition) is 0. The molecular formula is C11H13F3. The standard InChI is InChI=1S/C11H13F3/c1-3-7(2)4-8-5-9(12)6-10(13)11(8)14/h5-7H,3-4H2,1-2H3/t7-/m1/s1. The smallest absolute Gasteiger partial charge is 0.162 e. The molecule has 0 saturated carbocycles. The fraction of sp³-hybridized carbons (Fsp3) is 0.455. The Hall–Kier alpha value is -0.990. The molecule has 0 heterocycles. The molecule has 0 bridgehead atoms. The second kappa shape index (κ2) is 4.49. The van der Waals surface area contributed by atoms with E-state index in [1.54, 1.807) is 0 Å². The molecule has 0 amide bonds. The van der Waals surface area contributed by atoms with Crippen molar-refractivity contribution < 1.29 is 13.2 Å².